The van der Waals surface area contributed by atoms with E-state index in [9.17, 15) is 4.79 Å². The molecule has 0 aromatic heterocycles. The van der Waals surface area contributed by atoms with E-state index in [4.69, 9.17) is 19.3 Å². The van der Waals surface area contributed by atoms with Crippen LogP contribution in [0.5, 0.6) is 0 Å². The van der Waals surface area contributed by atoms with E-state index >= 15 is 0 Å². The minimum atomic E-state index is -0.843. The lowest BCUT2D eigenvalue weighted by atomic mass is 9.57. The molecule has 1 aromatic rings. The van der Waals surface area contributed by atoms with Crippen molar-refractivity contribution in [3.63, 3.8) is 0 Å². The van der Waals surface area contributed by atoms with Crippen molar-refractivity contribution in [2.75, 3.05) is 6.61 Å². The Morgan fingerprint density at radius 3 is 2.70 bits per heavy atom. The Hall–Kier alpha value is -1.47. The van der Waals surface area contributed by atoms with Gasteiger partial charge in [0, 0.05) is 18.3 Å². The van der Waals surface area contributed by atoms with E-state index < -0.39 is 17.6 Å². The molecule has 164 valence electrons. The second-order valence-electron chi connectivity index (χ2n) is 9.81. The summed E-state index contributed by atoms with van der Waals surface area (Å²) in [6, 6.07) is 10.3. The first-order valence-electron chi connectivity index (χ1n) is 11.5. The average molecular weight is 416 g/mol. The second kappa shape index (κ2) is 7.59. The standard InChI is InChI=1S/C24H33NO5/c1-16-11-12-20-17(2)21(26)25(27-15-7-10-18-8-5-4-6-9-18)22-24(20)19(16)13-14-23(3,28-22)29-30-24/h4-6,8-9,16-17,19-20,22H,7,10-15H2,1-3H3/t16-,17-,19+,20+,22-,23-,24-/m1/s1. The number of nitrogens with zero attached hydrogens (tertiary/aromatic N) is 1. The molecular weight excluding hydrogens is 382 g/mol. The van der Waals surface area contributed by atoms with Gasteiger partial charge in [-0.2, -0.15) is 5.06 Å². The van der Waals surface area contributed by atoms with Gasteiger partial charge in [-0.15, -0.1) is 0 Å². The summed E-state index contributed by atoms with van der Waals surface area (Å²) in [5.74, 6) is -0.149. The van der Waals surface area contributed by atoms with Crippen molar-refractivity contribution in [2.24, 2.45) is 23.7 Å². The number of ether oxygens (including phenoxy) is 1. The van der Waals surface area contributed by atoms with E-state index in [1.165, 1.54) is 10.6 Å². The zero-order valence-corrected chi connectivity index (χ0v) is 18.2. The number of hydrogen-bond acceptors (Lipinski definition) is 5. The maximum absolute atomic E-state index is 13.3. The van der Waals surface area contributed by atoms with Crippen molar-refractivity contribution in [3.8, 4) is 0 Å². The third kappa shape index (κ3) is 3.11. The fourth-order valence-electron chi connectivity index (χ4n) is 6.23. The monoisotopic (exact) mass is 415 g/mol. The Bertz CT molecular complexity index is 787. The number of benzene rings is 1. The van der Waals surface area contributed by atoms with Crippen molar-refractivity contribution >= 4 is 5.91 Å². The molecule has 6 nitrogen and oxygen atoms in total. The topological polar surface area (TPSA) is 57.2 Å². The zero-order chi connectivity index (χ0) is 20.9. The first-order chi connectivity index (χ1) is 14.4. The molecule has 7 atom stereocenters. The maximum atomic E-state index is 13.3. The van der Waals surface area contributed by atoms with Crippen LogP contribution in [0.15, 0.2) is 30.3 Å². The van der Waals surface area contributed by atoms with Gasteiger partial charge in [0.1, 0.15) is 0 Å². The van der Waals surface area contributed by atoms with Crippen LogP contribution >= 0.6 is 0 Å². The van der Waals surface area contributed by atoms with Gasteiger partial charge in [-0.05, 0) is 56.4 Å². The summed E-state index contributed by atoms with van der Waals surface area (Å²) in [7, 11) is 0. The molecule has 0 N–H and O–H groups in total. The first kappa shape index (κ1) is 20.4. The lowest BCUT2D eigenvalue weighted by Gasteiger charge is -2.60. The summed E-state index contributed by atoms with van der Waals surface area (Å²) in [4.78, 5) is 31.6. The van der Waals surface area contributed by atoms with Crippen molar-refractivity contribution in [3.05, 3.63) is 35.9 Å². The largest absolute Gasteiger partial charge is 0.318 e. The quantitative estimate of drug-likeness (QED) is 0.532. The number of aryl methyl sites for hydroxylation is 1. The third-order valence-electron chi connectivity index (χ3n) is 7.90. The molecule has 2 bridgehead atoms. The van der Waals surface area contributed by atoms with Gasteiger partial charge >= 0.3 is 0 Å². The van der Waals surface area contributed by atoms with Gasteiger partial charge < -0.3 is 4.74 Å². The van der Waals surface area contributed by atoms with Crippen LogP contribution in [0.3, 0.4) is 0 Å². The number of fused-ring (bicyclic) bond motifs is 2. The van der Waals surface area contributed by atoms with Crippen LogP contribution in [0.2, 0.25) is 0 Å². The normalized spacial score (nSPS) is 42.7. The SMILES string of the molecule is C[C@@H]1CC[C@H]2[C@@H](C)C(=O)N(OCCCc3ccccc3)[C@@H]3O[C@@]4(C)CC[C@@H]1[C@@]23OO4. The molecular formula is C24H33NO5. The van der Waals surface area contributed by atoms with E-state index in [0.717, 1.165) is 38.5 Å². The Labute approximate surface area is 178 Å². The maximum Gasteiger partial charge on any atom is 0.251 e. The van der Waals surface area contributed by atoms with Gasteiger partial charge in [0.25, 0.3) is 5.91 Å². The highest BCUT2D eigenvalue weighted by Crippen LogP contribution is 2.60. The Balaban J connectivity index is 1.39. The van der Waals surface area contributed by atoms with Crippen molar-refractivity contribution in [1.29, 1.82) is 0 Å². The second-order valence-corrected chi connectivity index (χ2v) is 9.81. The van der Waals surface area contributed by atoms with Crippen LogP contribution in [0.1, 0.15) is 58.4 Å². The predicted octanol–water partition coefficient (Wildman–Crippen LogP) is 4.24. The lowest BCUT2D eigenvalue weighted by molar-refractivity contribution is -0.559. The van der Waals surface area contributed by atoms with E-state index in [0.29, 0.717) is 12.5 Å². The summed E-state index contributed by atoms with van der Waals surface area (Å²) in [6.45, 7) is 6.68. The third-order valence-corrected chi connectivity index (χ3v) is 7.90. The van der Waals surface area contributed by atoms with Crippen molar-refractivity contribution in [1.82, 2.24) is 5.06 Å². The van der Waals surface area contributed by atoms with Gasteiger partial charge in [-0.3, -0.25) is 9.63 Å². The summed E-state index contributed by atoms with van der Waals surface area (Å²) in [6.07, 6.45) is 4.99. The fraction of sp³-hybridized carbons (Fsp3) is 0.708. The lowest BCUT2D eigenvalue weighted by Crippen LogP contribution is -2.74. The van der Waals surface area contributed by atoms with Gasteiger partial charge in [0.2, 0.25) is 5.79 Å². The molecule has 6 heteroatoms. The van der Waals surface area contributed by atoms with Crippen LogP contribution in [0, 0.1) is 23.7 Å². The molecule has 6 rings (SSSR count). The number of hydrogen-bond donors (Lipinski definition) is 0. The Kier molecular flexibility index (Phi) is 5.17. The number of carbonyl (C=O) groups excluding carboxylic acids is 1. The highest BCUT2D eigenvalue weighted by atomic mass is 17.3. The minimum absolute atomic E-state index is 0.00314. The fourth-order valence-corrected chi connectivity index (χ4v) is 6.23. The number of piperidine rings is 1. The summed E-state index contributed by atoms with van der Waals surface area (Å²) in [5.41, 5.74) is 0.619. The van der Waals surface area contributed by atoms with E-state index in [-0.39, 0.29) is 23.7 Å². The molecule has 1 amide bonds. The van der Waals surface area contributed by atoms with Gasteiger partial charge in [-0.1, -0.05) is 44.2 Å². The van der Waals surface area contributed by atoms with E-state index in [2.05, 4.69) is 19.1 Å². The van der Waals surface area contributed by atoms with Crippen LogP contribution in [0.25, 0.3) is 0 Å². The van der Waals surface area contributed by atoms with Gasteiger partial charge in [0.05, 0.1) is 6.61 Å². The van der Waals surface area contributed by atoms with Crippen LogP contribution < -0.4 is 0 Å². The molecule has 5 aliphatic rings. The van der Waals surface area contributed by atoms with Gasteiger partial charge in [0.15, 0.2) is 11.8 Å². The highest BCUT2D eigenvalue weighted by Gasteiger charge is 2.71. The highest BCUT2D eigenvalue weighted by molar-refractivity contribution is 5.79. The molecule has 1 aromatic carbocycles. The molecule has 1 aliphatic carbocycles. The Morgan fingerprint density at radius 1 is 1.10 bits per heavy atom. The summed E-state index contributed by atoms with van der Waals surface area (Å²) >= 11 is 0. The molecule has 5 fully saturated rings. The van der Waals surface area contributed by atoms with Crippen molar-refractivity contribution < 1.29 is 24.1 Å². The molecule has 4 saturated heterocycles. The molecule has 4 heterocycles. The van der Waals surface area contributed by atoms with Crippen molar-refractivity contribution in [2.45, 2.75) is 76.9 Å². The number of amides is 1. The number of carbonyl (C=O) groups is 1. The van der Waals surface area contributed by atoms with Gasteiger partial charge in [-0.25, -0.2) is 9.78 Å². The number of hydroxylamine groups is 2. The summed E-state index contributed by atoms with van der Waals surface area (Å²) < 4.78 is 6.46. The molecule has 4 aliphatic heterocycles. The predicted molar refractivity (Wildman–Crippen MR) is 110 cm³/mol. The zero-order valence-electron chi connectivity index (χ0n) is 18.2. The molecule has 1 saturated carbocycles. The summed E-state index contributed by atoms with van der Waals surface area (Å²) in [5, 5.41) is 1.50. The molecule has 0 radical (unpaired) electrons. The molecule has 30 heavy (non-hydrogen) atoms. The minimum Gasteiger partial charge on any atom is -0.318 e. The first-order valence-corrected chi connectivity index (χ1v) is 11.5. The molecule has 0 unspecified atom stereocenters. The van der Waals surface area contributed by atoms with Crippen LogP contribution in [-0.2, 0) is 30.6 Å². The van der Waals surface area contributed by atoms with Crippen LogP contribution in [-0.4, -0.2) is 35.2 Å². The average Bonchev–Trinajstić information content (AvgIpc) is 2.98. The Morgan fingerprint density at radius 2 is 1.90 bits per heavy atom. The van der Waals surface area contributed by atoms with E-state index in [1.54, 1.807) is 0 Å². The molecule has 1 spiro atoms. The van der Waals surface area contributed by atoms with Crippen LogP contribution in [0.4, 0.5) is 0 Å². The smallest absolute Gasteiger partial charge is 0.251 e. The van der Waals surface area contributed by atoms with E-state index in [1.807, 2.05) is 32.0 Å². The number of rotatable bonds is 5.